The van der Waals surface area contributed by atoms with Crippen LogP contribution in [-0.4, -0.2) is 55.8 Å². The molecule has 3 rings (SSSR count). The number of likely N-dealkylation sites (N-methyl/N-ethyl adjacent to an activating group) is 1. The maximum atomic E-state index is 11.6. The average molecular weight is 473 g/mol. The van der Waals surface area contributed by atoms with Crippen LogP contribution in [0.5, 0.6) is 0 Å². The number of amides is 1. The molecule has 7 nitrogen and oxygen atoms in total. The number of anilines is 1. The van der Waals surface area contributed by atoms with Crippen molar-refractivity contribution in [2.45, 2.75) is 32.4 Å². The predicted octanol–water partition coefficient (Wildman–Crippen LogP) is 2.15. The van der Waals surface area contributed by atoms with Gasteiger partial charge in [-0.05, 0) is 43.6 Å². The zero-order valence-electron chi connectivity index (χ0n) is 15.2. The highest BCUT2D eigenvalue weighted by atomic mass is 127. The van der Waals surface area contributed by atoms with Crippen LogP contribution < -0.4 is 16.0 Å². The van der Waals surface area contributed by atoms with Crippen molar-refractivity contribution in [2.75, 3.05) is 37.7 Å². The molecule has 1 aromatic rings. The summed E-state index contributed by atoms with van der Waals surface area (Å²) in [6, 6.07) is 8.32. The van der Waals surface area contributed by atoms with Gasteiger partial charge in [0, 0.05) is 18.3 Å². The minimum absolute atomic E-state index is 0. The van der Waals surface area contributed by atoms with E-state index in [4.69, 9.17) is 10.5 Å². The Labute approximate surface area is 172 Å². The number of aliphatic imine (C=N–C) groups is 1. The third kappa shape index (κ3) is 5.23. The van der Waals surface area contributed by atoms with E-state index in [1.54, 1.807) is 4.90 Å². The third-order valence-electron chi connectivity index (χ3n) is 4.86. The van der Waals surface area contributed by atoms with E-state index in [2.05, 4.69) is 22.1 Å². The second-order valence-corrected chi connectivity index (χ2v) is 6.44. The standard InChI is InChI=1S/C18H27N5O2.HI/c1-2-22-9-3-4-16(22)13-21-17(19)20-12-14-5-7-15(8-6-14)23-10-11-25-18(23)24;/h5-8,16H,2-4,9-13H2,1H3,(H3,19,20,21);1H. The van der Waals surface area contributed by atoms with Gasteiger partial charge in [-0.15, -0.1) is 24.0 Å². The van der Waals surface area contributed by atoms with Gasteiger partial charge in [-0.3, -0.25) is 9.80 Å². The monoisotopic (exact) mass is 473 g/mol. The molecule has 0 spiro atoms. The summed E-state index contributed by atoms with van der Waals surface area (Å²) in [4.78, 5) is 20.1. The fourth-order valence-electron chi connectivity index (χ4n) is 3.41. The van der Waals surface area contributed by atoms with E-state index < -0.39 is 0 Å². The van der Waals surface area contributed by atoms with Crippen LogP contribution in [0.3, 0.4) is 0 Å². The highest BCUT2D eigenvalue weighted by Crippen LogP contribution is 2.19. The molecule has 0 saturated carbocycles. The molecule has 1 aromatic carbocycles. The predicted molar refractivity (Wildman–Crippen MR) is 114 cm³/mol. The van der Waals surface area contributed by atoms with Crippen LogP contribution in [-0.2, 0) is 11.3 Å². The first kappa shape index (κ1) is 20.8. The fourth-order valence-corrected chi connectivity index (χ4v) is 3.41. The molecule has 26 heavy (non-hydrogen) atoms. The lowest BCUT2D eigenvalue weighted by Crippen LogP contribution is -2.42. The zero-order chi connectivity index (χ0) is 17.6. The van der Waals surface area contributed by atoms with Gasteiger partial charge in [-0.1, -0.05) is 19.1 Å². The van der Waals surface area contributed by atoms with Gasteiger partial charge in [0.2, 0.25) is 0 Å². The molecule has 0 bridgehead atoms. The van der Waals surface area contributed by atoms with Crippen LogP contribution >= 0.6 is 24.0 Å². The van der Waals surface area contributed by atoms with E-state index in [9.17, 15) is 4.79 Å². The minimum Gasteiger partial charge on any atom is -0.447 e. The molecule has 0 radical (unpaired) electrons. The van der Waals surface area contributed by atoms with Crippen LogP contribution in [0.1, 0.15) is 25.3 Å². The Morgan fingerprint density at radius 2 is 2.12 bits per heavy atom. The van der Waals surface area contributed by atoms with Crippen LogP contribution in [0, 0.1) is 0 Å². The Bertz CT molecular complexity index is 623. The number of carbonyl (C=O) groups excluding carboxylic acids is 1. The van der Waals surface area contributed by atoms with E-state index in [0.29, 0.717) is 31.7 Å². The number of guanidine groups is 1. The van der Waals surface area contributed by atoms with Crippen LogP contribution in [0.4, 0.5) is 10.5 Å². The number of benzene rings is 1. The van der Waals surface area contributed by atoms with Crippen molar-refractivity contribution in [3.05, 3.63) is 29.8 Å². The van der Waals surface area contributed by atoms with Crippen molar-refractivity contribution in [1.82, 2.24) is 10.2 Å². The summed E-state index contributed by atoms with van der Waals surface area (Å²) in [7, 11) is 0. The average Bonchev–Trinajstić information content (AvgIpc) is 3.27. The minimum atomic E-state index is -0.285. The topological polar surface area (TPSA) is 83.2 Å². The van der Waals surface area contributed by atoms with Crippen molar-refractivity contribution in [1.29, 1.82) is 0 Å². The summed E-state index contributed by atoms with van der Waals surface area (Å²) in [5.41, 5.74) is 7.89. The van der Waals surface area contributed by atoms with Gasteiger partial charge < -0.3 is 15.8 Å². The number of nitrogens with zero attached hydrogens (tertiary/aromatic N) is 3. The first-order valence-corrected chi connectivity index (χ1v) is 8.98. The molecule has 2 saturated heterocycles. The Kier molecular flexibility index (Phi) is 7.95. The van der Waals surface area contributed by atoms with Crippen molar-refractivity contribution in [3.63, 3.8) is 0 Å². The third-order valence-corrected chi connectivity index (χ3v) is 4.86. The van der Waals surface area contributed by atoms with Crippen molar-refractivity contribution in [2.24, 2.45) is 10.7 Å². The molecule has 1 unspecified atom stereocenters. The Balaban J connectivity index is 0.00000243. The molecule has 3 N–H and O–H groups in total. The lowest BCUT2D eigenvalue weighted by Gasteiger charge is -2.23. The summed E-state index contributed by atoms with van der Waals surface area (Å²) in [6.07, 6.45) is 2.19. The summed E-state index contributed by atoms with van der Waals surface area (Å²) < 4.78 is 4.95. The number of nitrogens with one attached hydrogen (secondary N) is 1. The second-order valence-electron chi connectivity index (χ2n) is 6.44. The number of cyclic esters (lactones) is 1. The second kappa shape index (κ2) is 9.96. The molecule has 2 fully saturated rings. The number of hydrogen-bond acceptors (Lipinski definition) is 4. The van der Waals surface area contributed by atoms with Gasteiger partial charge >= 0.3 is 6.09 Å². The molecule has 8 heteroatoms. The first-order valence-electron chi connectivity index (χ1n) is 8.98. The number of hydrogen-bond donors (Lipinski definition) is 2. The fraction of sp³-hybridized carbons (Fsp3) is 0.556. The number of rotatable bonds is 6. The molecular weight excluding hydrogens is 445 g/mol. The van der Waals surface area contributed by atoms with Crippen LogP contribution in [0.2, 0.25) is 0 Å². The van der Waals surface area contributed by atoms with Crippen molar-refractivity contribution < 1.29 is 9.53 Å². The maximum Gasteiger partial charge on any atom is 0.414 e. The molecule has 1 amide bonds. The van der Waals surface area contributed by atoms with E-state index in [1.165, 1.54) is 19.4 Å². The lowest BCUT2D eigenvalue weighted by molar-refractivity contribution is 0.181. The summed E-state index contributed by atoms with van der Waals surface area (Å²) in [5.74, 6) is 0.482. The number of likely N-dealkylation sites (tertiary alicyclic amines) is 1. The Morgan fingerprint density at radius 3 is 2.77 bits per heavy atom. The molecule has 144 valence electrons. The zero-order valence-corrected chi connectivity index (χ0v) is 17.5. The van der Waals surface area contributed by atoms with Crippen LogP contribution in [0.15, 0.2) is 29.3 Å². The van der Waals surface area contributed by atoms with E-state index >= 15 is 0 Å². The van der Waals surface area contributed by atoms with Gasteiger partial charge in [0.25, 0.3) is 0 Å². The quantitative estimate of drug-likeness (QED) is 0.376. The molecule has 0 aliphatic carbocycles. The van der Waals surface area contributed by atoms with E-state index in [0.717, 1.165) is 24.3 Å². The number of halogens is 1. The van der Waals surface area contributed by atoms with Gasteiger partial charge in [0.05, 0.1) is 13.1 Å². The number of carbonyl (C=O) groups is 1. The molecule has 2 aliphatic heterocycles. The van der Waals surface area contributed by atoms with Crippen molar-refractivity contribution in [3.8, 4) is 0 Å². The largest absolute Gasteiger partial charge is 0.447 e. The highest BCUT2D eigenvalue weighted by Gasteiger charge is 2.23. The van der Waals surface area contributed by atoms with Gasteiger partial charge in [-0.2, -0.15) is 0 Å². The number of ether oxygens (including phenoxy) is 1. The van der Waals surface area contributed by atoms with Crippen molar-refractivity contribution >= 4 is 41.7 Å². The van der Waals surface area contributed by atoms with Gasteiger partial charge in [0.1, 0.15) is 6.61 Å². The van der Waals surface area contributed by atoms with E-state index in [1.807, 2.05) is 24.3 Å². The summed E-state index contributed by atoms with van der Waals surface area (Å²) in [5, 5.41) is 3.24. The van der Waals surface area contributed by atoms with Gasteiger partial charge in [-0.25, -0.2) is 9.79 Å². The lowest BCUT2D eigenvalue weighted by atomic mass is 10.2. The normalized spacial score (nSPS) is 20.8. The smallest absolute Gasteiger partial charge is 0.414 e. The van der Waals surface area contributed by atoms with Crippen LogP contribution in [0.25, 0.3) is 0 Å². The Morgan fingerprint density at radius 1 is 1.35 bits per heavy atom. The molecule has 2 heterocycles. The molecular formula is C18H28IN5O2. The summed E-state index contributed by atoms with van der Waals surface area (Å²) in [6.45, 7) is 6.87. The highest BCUT2D eigenvalue weighted by molar-refractivity contribution is 14.0. The Hall–Kier alpha value is -1.55. The molecule has 1 atom stereocenters. The molecule has 2 aliphatic rings. The maximum absolute atomic E-state index is 11.6. The number of nitrogens with two attached hydrogens (primary N) is 1. The van der Waals surface area contributed by atoms with Gasteiger partial charge in [0.15, 0.2) is 5.96 Å². The SMILES string of the molecule is CCN1CCCC1CNC(N)=NCc1ccc(N2CCOC2=O)cc1.I. The van der Waals surface area contributed by atoms with E-state index in [-0.39, 0.29) is 30.1 Å². The summed E-state index contributed by atoms with van der Waals surface area (Å²) >= 11 is 0. The molecule has 0 aromatic heterocycles. The first-order chi connectivity index (χ1) is 12.2.